The molecule has 0 saturated heterocycles. The van der Waals surface area contributed by atoms with Gasteiger partial charge in [0.25, 0.3) is 0 Å². The van der Waals surface area contributed by atoms with Crippen molar-refractivity contribution in [3.63, 3.8) is 0 Å². The van der Waals surface area contributed by atoms with Crippen molar-refractivity contribution >= 4 is 5.69 Å². The second kappa shape index (κ2) is 6.18. The molecule has 0 bridgehead atoms. The van der Waals surface area contributed by atoms with E-state index in [1.807, 2.05) is 0 Å². The summed E-state index contributed by atoms with van der Waals surface area (Å²) in [6, 6.07) is 2.23. The van der Waals surface area contributed by atoms with Crippen LogP contribution < -0.4 is 10.5 Å². The van der Waals surface area contributed by atoms with Crippen molar-refractivity contribution in [2.75, 3.05) is 13.7 Å². The van der Waals surface area contributed by atoms with Crippen LogP contribution in [0.25, 0.3) is 0 Å². The minimum atomic E-state index is -0.694. The summed E-state index contributed by atoms with van der Waals surface area (Å²) in [6.45, 7) is 0.00497. The number of phenols is 1. The van der Waals surface area contributed by atoms with Gasteiger partial charge in [-0.05, 0) is 24.5 Å². The van der Waals surface area contributed by atoms with E-state index >= 15 is 0 Å². The van der Waals surface area contributed by atoms with Gasteiger partial charge in [0.05, 0.1) is 12.0 Å². The summed E-state index contributed by atoms with van der Waals surface area (Å²) >= 11 is 0. The zero-order chi connectivity index (χ0) is 13.7. The molecule has 1 atom stereocenters. The molecule has 7 nitrogen and oxygen atoms in total. The Morgan fingerprint density at radius 1 is 1.56 bits per heavy atom. The van der Waals surface area contributed by atoms with E-state index < -0.39 is 22.4 Å². The first-order chi connectivity index (χ1) is 8.51. The lowest BCUT2D eigenvalue weighted by molar-refractivity contribution is -0.386. The molecule has 0 heterocycles. The third kappa shape index (κ3) is 3.08. The van der Waals surface area contributed by atoms with Gasteiger partial charge in [0.15, 0.2) is 5.75 Å². The van der Waals surface area contributed by atoms with Gasteiger partial charge in [-0.25, -0.2) is 0 Å². The Bertz CT molecular complexity index is 436. The van der Waals surface area contributed by atoms with Crippen molar-refractivity contribution in [1.82, 2.24) is 0 Å². The van der Waals surface area contributed by atoms with Gasteiger partial charge in [-0.15, -0.1) is 0 Å². The SMILES string of the molecule is COc1cc([C@@H](N)CCCO)cc([N+](=O)[O-])c1O. The number of aromatic hydroxyl groups is 1. The number of nitro groups is 1. The molecule has 0 aliphatic carbocycles. The third-order valence-corrected chi connectivity index (χ3v) is 2.60. The average Bonchev–Trinajstić information content (AvgIpc) is 2.35. The van der Waals surface area contributed by atoms with E-state index in [4.69, 9.17) is 15.6 Å². The number of hydrogen-bond acceptors (Lipinski definition) is 6. The van der Waals surface area contributed by atoms with Crippen LogP contribution in [0.5, 0.6) is 11.5 Å². The van der Waals surface area contributed by atoms with E-state index in [0.29, 0.717) is 18.4 Å². The van der Waals surface area contributed by atoms with Crippen molar-refractivity contribution in [1.29, 1.82) is 0 Å². The van der Waals surface area contributed by atoms with E-state index in [2.05, 4.69) is 0 Å². The Morgan fingerprint density at radius 3 is 2.72 bits per heavy atom. The maximum absolute atomic E-state index is 10.8. The molecule has 0 aliphatic heterocycles. The standard InChI is InChI=1S/C11H16N2O5/c1-18-10-6-7(8(12)3-2-4-14)5-9(11(10)15)13(16)17/h5-6,8,14-15H,2-4,12H2,1H3/t8-/m0/s1. The minimum Gasteiger partial charge on any atom is -0.500 e. The quantitative estimate of drug-likeness (QED) is 0.517. The maximum atomic E-state index is 10.8. The van der Waals surface area contributed by atoms with Gasteiger partial charge in [0.2, 0.25) is 5.75 Å². The highest BCUT2D eigenvalue weighted by molar-refractivity contribution is 5.57. The van der Waals surface area contributed by atoms with E-state index in [1.165, 1.54) is 19.2 Å². The molecule has 4 N–H and O–H groups in total. The van der Waals surface area contributed by atoms with Crippen LogP contribution >= 0.6 is 0 Å². The Hall–Kier alpha value is -1.86. The number of ether oxygens (including phenoxy) is 1. The van der Waals surface area contributed by atoms with Gasteiger partial charge >= 0.3 is 5.69 Å². The van der Waals surface area contributed by atoms with Gasteiger partial charge in [-0.2, -0.15) is 0 Å². The normalized spacial score (nSPS) is 12.2. The van der Waals surface area contributed by atoms with Crippen molar-refractivity contribution in [2.24, 2.45) is 5.73 Å². The highest BCUT2D eigenvalue weighted by atomic mass is 16.6. The molecule has 7 heteroatoms. The zero-order valence-corrected chi connectivity index (χ0v) is 10.00. The van der Waals surface area contributed by atoms with Crippen LogP contribution in [0.4, 0.5) is 5.69 Å². The van der Waals surface area contributed by atoms with E-state index in [-0.39, 0.29) is 12.4 Å². The van der Waals surface area contributed by atoms with Crippen LogP contribution in [0.2, 0.25) is 0 Å². The lowest BCUT2D eigenvalue weighted by Gasteiger charge is -2.13. The van der Waals surface area contributed by atoms with Crippen molar-refractivity contribution in [2.45, 2.75) is 18.9 Å². The summed E-state index contributed by atoms with van der Waals surface area (Å²) in [7, 11) is 1.31. The molecule has 1 aromatic carbocycles. The molecule has 0 unspecified atom stereocenters. The number of hydrogen-bond donors (Lipinski definition) is 3. The number of phenolic OH excluding ortho intramolecular Hbond substituents is 1. The molecule has 1 aromatic rings. The predicted octanol–water partition coefficient (Wildman–Crippen LogP) is 1.08. The monoisotopic (exact) mass is 256 g/mol. The minimum absolute atomic E-state index is 0.00497. The van der Waals surface area contributed by atoms with E-state index in [9.17, 15) is 15.2 Å². The Balaban J connectivity index is 3.13. The topological polar surface area (TPSA) is 119 Å². The molecule has 0 amide bonds. The molecule has 0 saturated carbocycles. The summed E-state index contributed by atoms with van der Waals surface area (Å²) in [5.41, 5.74) is 5.90. The van der Waals surface area contributed by atoms with Gasteiger partial charge in [-0.1, -0.05) is 0 Å². The first kappa shape index (κ1) is 14.2. The molecular formula is C11H16N2O5. The molecule has 100 valence electrons. The van der Waals surface area contributed by atoms with Gasteiger partial charge < -0.3 is 20.7 Å². The van der Waals surface area contributed by atoms with Crippen LogP contribution in [0, 0.1) is 10.1 Å². The number of nitrogens with zero attached hydrogens (tertiary/aromatic N) is 1. The second-order valence-electron chi connectivity index (χ2n) is 3.82. The molecule has 0 radical (unpaired) electrons. The number of aliphatic hydroxyl groups excluding tert-OH is 1. The molecule has 18 heavy (non-hydrogen) atoms. The van der Waals surface area contributed by atoms with Crippen LogP contribution in [-0.2, 0) is 0 Å². The molecule has 0 spiro atoms. The van der Waals surface area contributed by atoms with Crippen molar-refractivity contribution in [3.8, 4) is 11.5 Å². The fraction of sp³-hybridized carbons (Fsp3) is 0.455. The lowest BCUT2D eigenvalue weighted by Crippen LogP contribution is -2.11. The maximum Gasteiger partial charge on any atom is 0.314 e. The first-order valence-electron chi connectivity index (χ1n) is 5.43. The van der Waals surface area contributed by atoms with Crippen LogP contribution in [0.1, 0.15) is 24.4 Å². The predicted molar refractivity (Wildman–Crippen MR) is 64.6 cm³/mol. The number of rotatable bonds is 6. The Kier molecular flexibility index (Phi) is 4.87. The molecular weight excluding hydrogens is 240 g/mol. The van der Waals surface area contributed by atoms with Gasteiger partial charge in [0.1, 0.15) is 0 Å². The number of nitrogens with two attached hydrogens (primary N) is 1. The number of methoxy groups -OCH3 is 1. The van der Waals surface area contributed by atoms with Crippen molar-refractivity contribution in [3.05, 3.63) is 27.8 Å². The first-order valence-corrected chi connectivity index (χ1v) is 5.43. The second-order valence-corrected chi connectivity index (χ2v) is 3.82. The number of aliphatic hydroxyl groups is 1. The largest absolute Gasteiger partial charge is 0.500 e. The summed E-state index contributed by atoms with van der Waals surface area (Å²) < 4.78 is 4.87. The Morgan fingerprint density at radius 2 is 2.22 bits per heavy atom. The fourth-order valence-electron chi connectivity index (χ4n) is 1.60. The van der Waals surface area contributed by atoms with Gasteiger partial charge in [-0.3, -0.25) is 10.1 Å². The molecule has 0 aliphatic rings. The lowest BCUT2D eigenvalue weighted by atomic mass is 10.0. The highest BCUT2D eigenvalue weighted by Crippen LogP contribution is 2.38. The molecule has 1 rings (SSSR count). The summed E-state index contributed by atoms with van der Waals surface area (Å²) in [6.07, 6.45) is 0.986. The van der Waals surface area contributed by atoms with Crippen LogP contribution in [0.15, 0.2) is 12.1 Å². The molecule has 0 aromatic heterocycles. The zero-order valence-electron chi connectivity index (χ0n) is 10.00. The third-order valence-electron chi connectivity index (χ3n) is 2.60. The smallest absolute Gasteiger partial charge is 0.314 e. The average molecular weight is 256 g/mol. The van der Waals surface area contributed by atoms with E-state index in [1.54, 1.807) is 0 Å². The van der Waals surface area contributed by atoms with Gasteiger partial charge in [0, 0.05) is 18.7 Å². The van der Waals surface area contributed by atoms with E-state index in [0.717, 1.165) is 0 Å². The highest BCUT2D eigenvalue weighted by Gasteiger charge is 2.21. The van der Waals surface area contributed by atoms with Crippen molar-refractivity contribution < 1.29 is 19.9 Å². The summed E-state index contributed by atoms with van der Waals surface area (Å²) in [4.78, 5) is 10.1. The fourth-order valence-corrected chi connectivity index (χ4v) is 1.60. The summed E-state index contributed by atoms with van der Waals surface area (Å²) in [5.74, 6) is -0.501. The molecule has 0 fully saturated rings. The number of nitro benzene ring substituents is 1. The number of benzene rings is 1. The van der Waals surface area contributed by atoms with Crippen LogP contribution in [0.3, 0.4) is 0 Å². The Labute approximate surface area is 104 Å². The van der Waals surface area contributed by atoms with Crippen LogP contribution in [-0.4, -0.2) is 28.9 Å². The summed E-state index contributed by atoms with van der Waals surface area (Å²) in [5, 5.41) is 29.1.